The van der Waals surface area contributed by atoms with E-state index in [2.05, 4.69) is 65.1 Å². The molecule has 1 aliphatic carbocycles. The molecule has 2 bridgehead atoms. The van der Waals surface area contributed by atoms with Gasteiger partial charge in [0, 0.05) is 74.5 Å². The van der Waals surface area contributed by atoms with E-state index in [1.54, 1.807) is 54.6 Å². The van der Waals surface area contributed by atoms with Gasteiger partial charge in [0.15, 0.2) is 5.96 Å². The summed E-state index contributed by atoms with van der Waals surface area (Å²) in [5, 5.41) is 34.8. The zero-order valence-corrected chi connectivity index (χ0v) is 57.3. The molecule has 97 heavy (non-hydrogen) atoms. The number of carboxylic acid groups (broad SMARTS) is 1. The highest BCUT2D eigenvalue weighted by molar-refractivity contribution is 8.76. The summed E-state index contributed by atoms with van der Waals surface area (Å²) in [6, 6.07) is 4.73. The van der Waals surface area contributed by atoms with Crippen molar-refractivity contribution in [3.63, 3.8) is 0 Å². The number of aliphatic carboxylic acids is 1. The lowest BCUT2D eigenvalue weighted by atomic mass is 9.83. The van der Waals surface area contributed by atoms with Crippen LogP contribution in [0.1, 0.15) is 106 Å². The van der Waals surface area contributed by atoms with Crippen LogP contribution in [0, 0.1) is 11.8 Å². The number of carbonyl (C=O) groups is 14. The summed E-state index contributed by atoms with van der Waals surface area (Å²) in [6.45, 7) is 3.52. The number of imide groups is 1. The number of likely N-dealkylation sites (tertiary alicyclic amines) is 1. The number of aliphatic imine (C=N–C) groups is 1. The maximum Gasteiger partial charge on any atom is 0.305 e. The monoisotopic (exact) mass is 1430 g/mol. The maximum absolute atomic E-state index is 14.2. The number of rotatable bonds is 22. The molecule has 532 valence electrons. The minimum absolute atomic E-state index is 0.0398. The number of fused-ring (bicyclic) bond motifs is 5. The molecular weight excluding hydrogens is 1340 g/mol. The smallest absolute Gasteiger partial charge is 0.305 e. The zero-order chi connectivity index (χ0) is 71.0. The second kappa shape index (κ2) is 41.8. The average Bonchev–Trinajstić information content (AvgIpc) is 1.72. The van der Waals surface area contributed by atoms with E-state index in [-0.39, 0.29) is 103 Å². The first-order valence-corrected chi connectivity index (χ1v) is 36.4. The molecule has 0 aromatic heterocycles. The molecule has 2 aromatic carbocycles. The Morgan fingerprint density at radius 3 is 1.90 bits per heavy atom. The van der Waals surface area contributed by atoms with Crippen LogP contribution in [-0.4, -0.2) is 208 Å². The van der Waals surface area contributed by atoms with Gasteiger partial charge in [-0.1, -0.05) is 83.8 Å². The highest BCUT2D eigenvalue weighted by atomic mass is 33.1. The molecule has 35 heteroatoms. The summed E-state index contributed by atoms with van der Waals surface area (Å²) >= 11 is 2.33. The SMILES string of the molecule is CC(=O)NCCCC[C@@H]1NC(=O)CSC[C@@H](C(N)=O)NC(=O)[C@H](Cc2ccccc2)NC(=O)[C@@H]2CSSC[C@H](NC1=O)C(=O)N[C@@H](CCCN=C(N)N)C(=O)NCC(=O)N[C@@H](CC(=O)O)C(=O)N2.CC1CCC(CN2C(=O)CC(SCCNC(=O)c3ccc(CF)cc3)C2=O)CC1. The van der Waals surface area contributed by atoms with E-state index in [1.165, 1.54) is 36.4 Å². The average molecular weight is 1430 g/mol. The molecule has 3 heterocycles. The summed E-state index contributed by atoms with van der Waals surface area (Å²) in [5.74, 6) is -9.83. The van der Waals surface area contributed by atoms with Crippen LogP contribution in [0.25, 0.3) is 0 Å². The number of hydrogen-bond acceptors (Lipinski definition) is 19. The van der Waals surface area contributed by atoms with Gasteiger partial charge in [-0.2, -0.15) is 0 Å². The van der Waals surface area contributed by atoms with Crippen molar-refractivity contribution in [1.29, 1.82) is 0 Å². The summed E-state index contributed by atoms with van der Waals surface area (Å²) in [4.78, 5) is 189. The number of nitrogens with one attached hydrogen (secondary N) is 10. The molecule has 2 aromatic rings. The first kappa shape index (κ1) is 79.5. The Morgan fingerprint density at radius 1 is 0.670 bits per heavy atom. The van der Waals surface area contributed by atoms with Crippen LogP contribution in [0.15, 0.2) is 59.6 Å². The number of thioether (sulfide) groups is 2. The second-order valence-electron chi connectivity index (χ2n) is 23.6. The third-order valence-electron chi connectivity index (χ3n) is 15.7. The molecule has 1 saturated carbocycles. The first-order valence-electron chi connectivity index (χ1n) is 31.7. The van der Waals surface area contributed by atoms with Crippen molar-refractivity contribution in [3.8, 4) is 0 Å². The number of nitrogens with two attached hydrogens (primary N) is 3. The third kappa shape index (κ3) is 28.8. The molecule has 0 spiro atoms. The van der Waals surface area contributed by atoms with Crippen molar-refractivity contribution in [1.82, 2.24) is 58.1 Å². The Bertz CT molecular complexity index is 3110. The largest absolute Gasteiger partial charge is 0.481 e. The van der Waals surface area contributed by atoms with E-state index in [1.807, 2.05) is 0 Å². The Morgan fingerprint density at radius 2 is 1.28 bits per heavy atom. The van der Waals surface area contributed by atoms with E-state index < -0.39 is 121 Å². The number of carboxylic acids is 1. The molecule has 0 radical (unpaired) electrons. The van der Waals surface area contributed by atoms with Crippen LogP contribution in [-0.2, 0) is 75.4 Å². The molecule has 3 saturated heterocycles. The number of benzene rings is 2. The van der Waals surface area contributed by atoms with Crippen molar-refractivity contribution in [2.45, 2.75) is 145 Å². The number of primary amides is 1. The first-order chi connectivity index (χ1) is 46.3. The predicted molar refractivity (Wildman–Crippen MR) is 365 cm³/mol. The fourth-order valence-electron chi connectivity index (χ4n) is 10.4. The Kier molecular flexibility index (Phi) is 34.3. The van der Waals surface area contributed by atoms with E-state index in [9.17, 15) is 76.6 Å². The van der Waals surface area contributed by atoms with E-state index in [0.717, 1.165) is 52.1 Å². The van der Waals surface area contributed by atoms with Crippen molar-refractivity contribution in [3.05, 3.63) is 71.3 Å². The normalized spacial score (nSPS) is 24.4. The number of hydrogen-bond donors (Lipinski definition) is 14. The van der Waals surface area contributed by atoms with Gasteiger partial charge in [-0.3, -0.25) is 77.0 Å². The van der Waals surface area contributed by atoms with Crippen molar-refractivity contribution >= 4 is 134 Å². The van der Waals surface area contributed by atoms with Gasteiger partial charge in [0.2, 0.25) is 70.9 Å². The predicted octanol–water partition coefficient (Wildman–Crippen LogP) is -1.23. The van der Waals surface area contributed by atoms with Crippen LogP contribution >= 0.6 is 45.1 Å². The van der Waals surface area contributed by atoms with Gasteiger partial charge in [-0.05, 0) is 80.0 Å². The fourth-order valence-corrected chi connectivity index (χ4v) is 14.6. The van der Waals surface area contributed by atoms with Gasteiger partial charge >= 0.3 is 5.97 Å². The molecule has 4 aliphatic rings. The minimum atomic E-state index is -1.77. The van der Waals surface area contributed by atoms with Crippen LogP contribution in [0.5, 0.6) is 0 Å². The Hall–Kier alpha value is -8.18. The number of guanidine groups is 1. The molecule has 8 atom stereocenters. The molecule has 30 nitrogen and oxygen atoms in total. The molecule has 3 aliphatic heterocycles. The van der Waals surface area contributed by atoms with Crippen LogP contribution in [0.4, 0.5) is 4.39 Å². The Balaban J connectivity index is 0.000000483. The van der Waals surface area contributed by atoms with Gasteiger partial charge < -0.3 is 75.5 Å². The maximum atomic E-state index is 14.2. The Labute approximate surface area is 577 Å². The van der Waals surface area contributed by atoms with E-state index >= 15 is 0 Å². The standard InChI is InChI=1S/C40H59N13O12S3.C22H29FN2O3S/c1-21(54)44-12-6-5-10-24-35(61)52-28-18-67-68-19-29(39(65)50-25(14-22-8-3-2-4-9-22)36(62)51-27(33(41)59)17-66-20-31(56)47-24)53-37(63)26(15-32(57)58)48-30(55)16-46-34(60)23(49-38(28)64)11-7-13-45-40(42)43;1-15-2-4-17(5-3-15)14-25-20(26)12-19(22(25)28)29-11-10-24-21(27)18-8-6-16(13-23)7-9-18/h2-4,8-9,23-29H,5-7,10-20H2,1H3,(H2,41,59)(H,44,54)(H,46,60)(H,47,56)(H,48,55)(H,49,64)(H,50,65)(H,51,62)(H,52,61)(H,53,63)(H,57,58)(H4,42,43,45);6-9,15,17,19H,2-5,10-14H2,1H3,(H,24,27)/t23-,24-,25-,26-,27-,28-,29-;/m0./s1. The van der Waals surface area contributed by atoms with Gasteiger partial charge in [0.25, 0.3) is 5.91 Å². The summed E-state index contributed by atoms with van der Waals surface area (Å²) < 4.78 is 12.5. The quantitative estimate of drug-likeness (QED) is 0.0216. The van der Waals surface area contributed by atoms with E-state index in [0.29, 0.717) is 54.3 Å². The lowest BCUT2D eigenvalue weighted by Crippen LogP contribution is -2.59. The molecular formula is C62H88FN15O15S4. The molecule has 17 N–H and O–H groups in total. The van der Waals surface area contributed by atoms with Crippen LogP contribution < -0.4 is 70.4 Å². The fraction of sp³-hybridized carbons (Fsp3) is 0.565. The summed E-state index contributed by atoms with van der Waals surface area (Å²) in [7, 11) is 1.88. The molecule has 13 amide bonds. The van der Waals surface area contributed by atoms with Gasteiger partial charge in [-0.15, -0.1) is 23.5 Å². The molecule has 6 rings (SSSR count). The zero-order valence-electron chi connectivity index (χ0n) is 54.0. The minimum Gasteiger partial charge on any atom is -0.481 e. The topological polar surface area (TPSA) is 473 Å². The van der Waals surface area contributed by atoms with Gasteiger partial charge in [-0.25, -0.2) is 4.39 Å². The number of alkyl halides is 1. The van der Waals surface area contributed by atoms with Crippen LogP contribution in [0.3, 0.4) is 0 Å². The highest BCUT2D eigenvalue weighted by Gasteiger charge is 2.41. The highest BCUT2D eigenvalue weighted by Crippen LogP contribution is 2.32. The molecule has 1 unspecified atom stereocenters. The van der Waals surface area contributed by atoms with Crippen LogP contribution in [0.2, 0.25) is 0 Å². The number of carbonyl (C=O) groups excluding carboxylic acids is 13. The number of nitrogens with zero attached hydrogens (tertiary/aromatic N) is 2. The lowest BCUT2D eigenvalue weighted by molar-refractivity contribution is -0.141. The number of amides is 13. The van der Waals surface area contributed by atoms with Gasteiger partial charge in [0.1, 0.15) is 49.0 Å². The number of unbranched alkanes of at least 4 members (excludes halogenated alkanes) is 1. The third-order valence-corrected chi connectivity index (χ3v) is 20.4. The van der Waals surface area contributed by atoms with Crippen molar-refractivity contribution in [2.75, 3.05) is 61.5 Å². The summed E-state index contributed by atoms with van der Waals surface area (Å²) in [5.41, 5.74) is 18.1. The number of halogens is 1. The lowest BCUT2D eigenvalue weighted by Gasteiger charge is -2.29. The second-order valence-corrected chi connectivity index (χ2v) is 28.5. The van der Waals surface area contributed by atoms with Crippen molar-refractivity contribution < 1.29 is 76.6 Å². The van der Waals surface area contributed by atoms with Crippen molar-refractivity contribution in [2.24, 2.45) is 34.0 Å². The summed E-state index contributed by atoms with van der Waals surface area (Å²) in [6.07, 6.45) is 4.56. The molecule has 4 fully saturated rings. The van der Waals surface area contributed by atoms with E-state index in [4.69, 9.17) is 17.2 Å². The van der Waals surface area contributed by atoms with Gasteiger partial charge in [0.05, 0.1) is 24.0 Å².